The molecule has 0 bridgehead atoms. The number of para-hydroxylation sites is 1. The van der Waals surface area contributed by atoms with E-state index in [0.717, 1.165) is 10.9 Å². The molecule has 0 fully saturated rings. The van der Waals surface area contributed by atoms with Crippen LogP contribution in [0.15, 0.2) is 42.9 Å². The fraction of sp³-hybridized carbons (Fsp3) is 0.0714. The first-order valence-electron chi connectivity index (χ1n) is 5.72. The van der Waals surface area contributed by atoms with Gasteiger partial charge in [-0.05, 0) is 12.1 Å². The Morgan fingerprint density at radius 1 is 1.26 bits per heavy atom. The molecular formula is C14H10N4O. The van der Waals surface area contributed by atoms with Crippen LogP contribution in [0.2, 0.25) is 0 Å². The van der Waals surface area contributed by atoms with Crippen molar-refractivity contribution in [2.45, 2.75) is 0 Å². The molecule has 0 aliphatic heterocycles. The zero-order valence-corrected chi connectivity index (χ0v) is 10.2. The third-order valence-corrected chi connectivity index (χ3v) is 2.75. The highest BCUT2D eigenvalue weighted by atomic mass is 16.5. The molecule has 0 radical (unpaired) electrons. The number of nitrogens with zero attached hydrogens (tertiary/aromatic N) is 4. The summed E-state index contributed by atoms with van der Waals surface area (Å²) >= 11 is 0. The van der Waals surface area contributed by atoms with Gasteiger partial charge in [-0.25, -0.2) is 0 Å². The van der Waals surface area contributed by atoms with Crippen LogP contribution in [0.3, 0.4) is 0 Å². The van der Waals surface area contributed by atoms with Crippen LogP contribution in [0, 0.1) is 11.3 Å². The summed E-state index contributed by atoms with van der Waals surface area (Å²) in [5.41, 5.74) is 1.20. The molecule has 92 valence electrons. The van der Waals surface area contributed by atoms with E-state index >= 15 is 0 Å². The van der Waals surface area contributed by atoms with E-state index in [1.807, 2.05) is 31.3 Å². The zero-order valence-electron chi connectivity index (χ0n) is 10.2. The van der Waals surface area contributed by atoms with Gasteiger partial charge in [-0.15, -0.1) is 0 Å². The van der Waals surface area contributed by atoms with Crippen molar-refractivity contribution < 1.29 is 4.74 Å². The molecule has 0 aliphatic rings. The molecule has 5 heteroatoms. The Morgan fingerprint density at radius 3 is 2.84 bits per heavy atom. The first-order valence-corrected chi connectivity index (χ1v) is 5.72. The van der Waals surface area contributed by atoms with Crippen LogP contribution in [0.25, 0.3) is 10.9 Å². The van der Waals surface area contributed by atoms with Crippen LogP contribution in [0.4, 0.5) is 0 Å². The molecular weight excluding hydrogens is 240 g/mol. The molecule has 3 aromatic rings. The first-order chi connectivity index (χ1) is 9.28. The summed E-state index contributed by atoms with van der Waals surface area (Å²) in [6, 6.07) is 9.65. The lowest BCUT2D eigenvalue weighted by molar-refractivity contribution is 0.485. The van der Waals surface area contributed by atoms with Crippen molar-refractivity contribution in [2.75, 3.05) is 0 Å². The van der Waals surface area contributed by atoms with E-state index in [4.69, 9.17) is 4.74 Å². The van der Waals surface area contributed by atoms with Gasteiger partial charge >= 0.3 is 0 Å². The number of rotatable bonds is 2. The minimum absolute atomic E-state index is 0.405. The lowest BCUT2D eigenvalue weighted by Gasteiger charge is -2.08. The molecule has 1 aromatic carbocycles. The largest absolute Gasteiger partial charge is 0.452 e. The number of fused-ring (bicyclic) bond motifs is 1. The monoisotopic (exact) mass is 250 g/mol. The van der Waals surface area contributed by atoms with Gasteiger partial charge in [0.25, 0.3) is 0 Å². The van der Waals surface area contributed by atoms with Crippen LogP contribution in [0.5, 0.6) is 11.5 Å². The molecule has 0 saturated carbocycles. The minimum Gasteiger partial charge on any atom is -0.452 e. The smallest absolute Gasteiger partial charge is 0.165 e. The van der Waals surface area contributed by atoms with Crippen molar-refractivity contribution in [3.63, 3.8) is 0 Å². The zero-order chi connectivity index (χ0) is 13.2. The standard InChI is InChI=1S/C14H10N4O/c1-18-9-11(8-17-18)19-14-10(6-15)7-16-13-5-3-2-4-12(13)14/h2-5,7-9H,1H3. The second kappa shape index (κ2) is 4.42. The average Bonchev–Trinajstić information content (AvgIpc) is 2.85. The SMILES string of the molecule is Cn1cc(Oc2c(C#N)cnc3ccccc23)cn1. The molecule has 0 aliphatic carbocycles. The molecule has 0 spiro atoms. The second-order valence-corrected chi connectivity index (χ2v) is 4.08. The van der Waals surface area contributed by atoms with E-state index in [2.05, 4.69) is 16.2 Å². The van der Waals surface area contributed by atoms with E-state index in [0.29, 0.717) is 17.1 Å². The highest BCUT2D eigenvalue weighted by Gasteiger charge is 2.11. The van der Waals surface area contributed by atoms with E-state index in [9.17, 15) is 5.26 Å². The molecule has 2 aromatic heterocycles. The summed E-state index contributed by atoms with van der Waals surface area (Å²) in [6.07, 6.45) is 4.88. The van der Waals surface area contributed by atoms with Crippen molar-refractivity contribution in [2.24, 2.45) is 7.05 Å². The number of benzene rings is 1. The van der Waals surface area contributed by atoms with Crippen LogP contribution >= 0.6 is 0 Å². The highest BCUT2D eigenvalue weighted by Crippen LogP contribution is 2.31. The topological polar surface area (TPSA) is 63.7 Å². The Morgan fingerprint density at radius 2 is 2.11 bits per heavy atom. The quantitative estimate of drug-likeness (QED) is 0.701. The number of hydrogen-bond acceptors (Lipinski definition) is 4. The maximum absolute atomic E-state index is 9.17. The van der Waals surface area contributed by atoms with Crippen LogP contribution < -0.4 is 4.74 Å². The molecule has 0 atom stereocenters. The number of hydrogen-bond donors (Lipinski definition) is 0. The maximum atomic E-state index is 9.17. The molecule has 0 amide bonds. The van der Waals surface area contributed by atoms with Gasteiger partial charge in [-0.1, -0.05) is 12.1 Å². The van der Waals surface area contributed by atoms with Gasteiger partial charge in [0.05, 0.1) is 17.9 Å². The minimum atomic E-state index is 0.405. The van der Waals surface area contributed by atoms with Crippen molar-refractivity contribution in [1.82, 2.24) is 14.8 Å². The lowest BCUT2D eigenvalue weighted by atomic mass is 10.1. The third-order valence-electron chi connectivity index (χ3n) is 2.75. The van der Waals surface area contributed by atoms with Crippen LogP contribution in [-0.2, 0) is 7.05 Å². The lowest BCUT2D eigenvalue weighted by Crippen LogP contribution is -1.91. The van der Waals surface area contributed by atoms with Gasteiger partial charge in [0, 0.05) is 18.6 Å². The Kier molecular flexibility index (Phi) is 2.62. The van der Waals surface area contributed by atoms with E-state index in [1.54, 1.807) is 17.1 Å². The number of nitriles is 1. The fourth-order valence-corrected chi connectivity index (χ4v) is 1.87. The van der Waals surface area contributed by atoms with Crippen molar-refractivity contribution in [1.29, 1.82) is 5.26 Å². The predicted octanol–water partition coefficient (Wildman–Crippen LogP) is 2.63. The highest BCUT2D eigenvalue weighted by molar-refractivity contribution is 5.87. The maximum Gasteiger partial charge on any atom is 0.165 e. The molecule has 3 rings (SSSR count). The molecule has 0 saturated heterocycles. The average molecular weight is 250 g/mol. The number of pyridine rings is 1. The molecule has 0 unspecified atom stereocenters. The third kappa shape index (κ3) is 2.00. The summed E-state index contributed by atoms with van der Waals surface area (Å²) in [5.74, 6) is 1.11. The number of ether oxygens (including phenoxy) is 1. The Labute approximate surface area is 109 Å². The Hall–Kier alpha value is -2.87. The molecule has 0 N–H and O–H groups in total. The Bertz CT molecular complexity index is 785. The van der Waals surface area contributed by atoms with Gasteiger partial charge in [0.2, 0.25) is 0 Å². The fourth-order valence-electron chi connectivity index (χ4n) is 1.87. The van der Waals surface area contributed by atoms with Gasteiger partial charge in [-0.2, -0.15) is 10.4 Å². The number of aromatic nitrogens is 3. The second-order valence-electron chi connectivity index (χ2n) is 4.08. The summed E-state index contributed by atoms with van der Waals surface area (Å²) < 4.78 is 7.43. The van der Waals surface area contributed by atoms with Crippen molar-refractivity contribution in [3.8, 4) is 17.6 Å². The summed E-state index contributed by atoms with van der Waals surface area (Å²) in [4.78, 5) is 4.24. The van der Waals surface area contributed by atoms with E-state index in [1.165, 1.54) is 6.20 Å². The summed E-state index contributed by atoms with van der Waals surface area (Å²) in [6.45, 7) is 0. The van der Waals surface area contributed by atoms with Crippen molar-refractivity contribution >= 4 is 10.9 Å². The molecule has 19 heavy (non-hydrogen) atoms. The van der Waals surface area contributed by atoms with Crippen LogP contribution in [-0.4, -0.2) is 14.8 Å². The summed E-state index contributed by atoms with van der Waals surface area (Å²) in [5, 5.41) is 14.0. The molecule has 5 nitrogen and oxygen atoms in total. The molecule has 2 heterocycles. The Balaban J connectivity index is 2.17. The van der Waals surface area contributed by atoms with Gasteiger partial charge in [0.1, 0.15) is 11.6 Å². The van der Waals surface area contributed by atoms with Gasteiger partial charge < -0.3 is 4.74 Å². The number of aryl methyl sites for hydroxylation is 1. The van der Waals surface area contributed by atoms with E-state index < -0.39 is 0 Å². The van der Waals surface area contributed by atoms with Gasteiger partial charge in [0.15, 0.2) is 11.5 Å². The predicted molar refractivity (Wildman–Crippen MR) is 69.7 cm³/mol. The first kappa shape index (κ1) is 11.2. The normalized spacial score (nSPS) is 10.3. The van der Waals surface area contributed by atoms with Gasteiger partial charge in [-0.3, -0.25) is 9.67 Å². The van der Waals surface area contributed by atoms with E-state index in [-0.39, 0.29) is 0 Å². The van der Waals surface area contributed by atoms with Crippen LogP contribution in [0.1, 0.15) is 5.56 Å². The van der Waals surface area contributed by atoms with Crippen molar-refractivity contribution in [3.05, 3.63) is 48.4 Å². The summed E-state index contributed by atoms with van der Waals surface area (Å²) in [7, 11) is 1.81.